The molecule has 1 saturated heterocycles. The Kier molecular flexibility index (Phi) is 6.54. The normalized spacial score (nSPS) is 15.3. The van der Waals surface area contributed by atoms with Crippen molar-refractivity contribution >= 4 is 44.8 Å². The summed E-state index contributed by atoms with van der Waals surface area (Å²) in [6.45, 7) is 1.74. The first-order valence-electron chi connectivity index (χ1n) is 10.9. The molecule has 4 aromatic rings. The number of fused-ring (bicyclic) bond motifs is 1. The molecular formula is C23H22Cl2N6O3S. The molecule has 0 N–H and O–H groups in total. The third kappa shape index (κ3) is 4.66. The van der Waals surface area contributed by atoms with Gasteiger partial charge in [-0.05, 0) is 42.3 Å². The van der Waals surface area contributed by atoms with Crippen LogP contribution in [0.4, 0.5) is 5.82 Å². The van der Waals surface area contributed by atoms with Crippen molar-refractivity contribution in [2.45, 2.75) is 11.3 Å². The first-order valence-corrected chi connectivity index (χ1v) is 13.1. The number of nitrogens with zero attached hydrogens (tertiary/aromatic N) is 6. The third-order valence-corrected chi connectivity index (χ3v) is 8.22. The largest absolute Gasteiger partial charge is 0.497 e. The van der Waals surface area contributed by atoms with Crippen LogP contribution in [0, 0.1) is 0 Å². The number of anilines is 1. The lowest BCUT2D eigenvalue weighted by Crippen LogP contribution is -2.35. The first-order chi connectivity index (χ1) is 16.9. The van der Waals surface area contributed by atoms with E-state index in [1.807, 2.05) is 24.3 Å². The summed E-state index contributed by atoms with van der Waals surface area (Å²) in [7, 11) is -2.14. The number of hydrogen-bond acceptors (Lipinski definition) is 7. The molecule has 35 heavy (non-hydrogen) atoms. The predicted molar refractivity (Wildman–Crippen MR) is 135 cm³/mol. The van der Waals surface area contributed by atoms with Crippen molar-refractivity contribution in [3.05, 3.63) is 65.0 Å². The van der Waals surface area contributed by atoms with Gasteiger partial charge in [-0.15, -0.1) is 0 Å². The van der Waals surface area contributed by atoms with Crippen LogP contribution in [0.3, 0.4) is 0 Å². The number of sulfonamides is 1. The molecule has 1 aliphatic rings. The van der Waals surface area contributed by atoms with E-state index in [0.717, 1.165) is 22.7 Å². The van der Waals surface area contributed by atoms with Crippen LogP contribution in [0.25, 0.3) is 16.9 Å². The van der Waals surface area contributed by atoms with E-state index >= 15 is 0 Å². The van der Waals surface area contributed by atoms with Gasteiger partial charge in [-0.2, -0.15) is 18.9 Å². The van der Waals surface area contributed by atoms with E-state index in [0.29, 0.717) is 31.8 Å². The summed E-state index contributed by atoms with van der Waals surface area (Å²) in [5, 5.41) is 4.95. The molecule has 3 heterocycles. The van der Waals surface area contributed by atoms with Gasteiger partial charge < -0.3 is 9.64 Å². The van der Waals surface area contributed by atoms with Gasteiger partial charge in [-0.3, -0.25) is 0 Å². The molecule has 0 radical (unpaired) electrons. The fourth-order valence-electron chi connectivity index (χ4n) is 4.22. The standard InChI is InChI=1S/C23H22Cl2N6O3S/c1-34-19-5-3-16(4-6-19)21-14-26-23-27-15-28-31(23)22(21)29-7-2-8-30(10-9-29)35(32,33)20-12-17(24)11-18(25)13-20/h3-6,11-15H,2,7-10H2,1H3. The fourth-order valence-corrected chi connectivity index (χ4v) is 6.41. The minimum atomic E-state index is -3.76. The maximum Gasteiger partial charge on any atom is 0.254 e. The van der Waals surface area contributed by atoms with E-state index in [-0.39, 0.29) is 21.5 Å². The molecule has 0 bridgehead atoms. The van der Waals surface area contributed by atoms with Crippen LogP contribution in [-0.2, 0) is 10.0 Å². The minimum absolute atomic E-state index is 0.0879. The fraction of sp³-hybridized carbons (Fsp3) is 0.261. The Labute approximate surface area is 212 Å². The van der Waals surface area contributed by atoms with Gasteiger partial charge >= 0.3 is 0 Å². The second kappa shape index (κ2) is 9.62. The SMILES string of the molecule is COc1ccc(-c2cnc3ncnn3c2N2CCCN(S(=O)(=O)c3cc(Cl)cc(Cl)c3)CC2)cc1. The smallest absolute Gasteiger partial charge is 0.254 e. The van der Waals surface area contributed by atoms with Crippen LogP contribution in [0.2, 0.25) is 10.0 Å². The van der Waals surface area contributed by atoms with Crippen molar-refractivity contribution in [3.63, 3.8) is 0 Å². The van der Waals surface area contributed by atoms with Crippen molar-refractivity contribution in [3.8, 4) is 16.9 Å². The third-order valence-electron chi connectivity index (χ3n) is 5.91. The van der Waals surface area contributed by atoms with E-state index in [2.05, 4.69) is 20.0 Å². The zero-order chi connectivity index (χ0) is 24.6. The summed E-state index contributed by atoms with van der Waals surface area (Å²) in [4.78, 5) is 10.9. The maximum atomic E-state index is 13.3. The average Bonchev–Trinajstić information content (AvgIpc) is 3.19. The van der Waals surface area contributed by atoms with E-state index in [1.165, 1.54) is 28.8 Å². The number of halogens is 2. The molecule has 5 rings (SSSR count). The molecule has 0 atom stereocenters. The Hall–Kier alpha value is -2.92. The van der Waals surface area contributed by atoms with E-state index in [1.54, 1.807) is 17.8 Å². The van der Waals surface area contributed by atoms with Crippen molar-refractivity contribution in [1.82, 2.24) is 23.9 Å². The molecule has 1 fully saturated rings. The zero-order valence-corrected chi connectivity index (χ0v) is 21.1. The Morgan fingerprint density at radius 1 is 0.943 bits per heavy atom. The molecule has 9 nitrogen and oxygen atoms in total. The van der Waals surface area contributed by atoms with Crippen LogP contribution in [-0.4, -0.2) is 65.6 Å². The number of methoxy groups -OCH3 is 1. The Morgan fingerprint density at radius 3 is 2.40 bits per heavy atom. The lowest BCUT2D eigenvalue weighted by atomic mass is 10.1. The number of aromatic nitrogens is 4. The monoisotopic (exact) mass is 532 g/mol. The molecule has 1 aliphatic heterocycles. The van der Waals surface area contributed by atoms with Crippen molar-refractivity contribution in [2.75, 3.05) is 38.2 Å². The highest BCUT2D eigenvalue weighted by Gasteiger charge is 2.29. The van der Waals surface area contributed by atoms with Crippen molar-refractivity contribution in [1.29, 1.82) is 0 Å². The Bertz CT molecular complexity index is 1460. The molecule has 0 saturated carbocycles. The lowest BCUT2D eigenvalue weighted by Gasteiger charge is -2.26. The van der Waals surface area contributed by atoms with Gasteiger partial charge in [0.05, 0.1) is 12.0 Å². The van der Waals surface area contributed by atoms with Crippen LogP contribution in [0.5, 0.6) is 5.75 Å². The molecule has 12 heteroatoms. The highest BCUT2D eigenvalue weighted by molar-refractivity contribution is 7.89. The van der Waals surface area contributed by atoms with Gasteiger partial charge in [0.2, 0.25) is 10.0 Å². The van der Waals surface area contributed by atoms with Gasteiger partial charge in [-0.25, -0.2) is 13.4 Å². The quantitative estimate of drug-likeness (QED) is 0.383. The van der Waals surface area contributed by atoms with Gasteiger partial charge in [-0.1, -0.05) is 35.3 Å². The Balaban J connectivity index is 1.49. The highest BCUT2D eigenvalue weighted by atomic mass is 35.5. The van der Waals surface area contributed by atoms with E-state index < -0.39 is 10.0 Å². The molecule has 0 unspecified atom stereocenters. The summed E-state index contributed by atoms with van der Waals surface area (Å²) in [6.07, 6.45) is 3.85. The molecule has 2 aromatic carbocycles. The number of hydrogen-bond donors (Lipinski definition) is 0. The van der Waals surface area contributed by atoms with Crippen LogP contribution < -0.4 is 9.64 Å². The second-order valence-corrected chi connectivity index (χ2v) is 10.9. The number of rotatable bonds is 5. The average molecular weight is 533 g/mol. The Morgan fingerprint density at radius 2 is 1.69 bits per heavy atom. The summed E-state index contributed by atoms with van der Waals surface area (Å²) in [5.74, 6) is 2.03. The number of benzene rings is 2. The van der Waals surface area contributed by atoms with E-state index in [4.69, 9.17) is 27.9 Å². The number of ether oxygens (including phenoxy) is 1. The summed E-state index contributed by atoms with van der Waals surface area (Å²) >= 11 is 12.1. The molecule has 0 spiro atoms. The van der Waals surface area contributed by atoms with Crippen LogP contribution >= 0.6 is 23.2 Å². The molecule has 0 aliphatic carbocycles. The maximum absolute atomic E-state index is 13.3. The van der Waals surface area contributed by atoms with Gasteiger partial charge in [0, 0.05) is 48.0 Å². The molecule has 2 aromatic heterocycles. The summed E-state index contributed by atoms with van der Waals surface area (Å²) in [6, 6.07) is 12.1. The predicted octanol–water partition coefficient (Wildman–Crippen LogP) is 4.01. The minimum Gasteiger partial charge on any atom is -0.497 e. The molecule has 182 valence electrons. The van der Waals surface area contributed by atoms with Gasteiger partial charge in [0.15, 0.2) is 0 Å². The molecular weight excluding hydrogens is 511 g/mol. The van der Waals surface area contributed by atoms with E-state index in [9.17, 15) is 8.42 Å². The lowest BCUT2D eigenvalue weighted by molar-refractivity contribution is 0.415. The summed E-state index contributed by atoms with van der Waals surface area (Å²) < 4.78 is 35.2. The molecule has 0 amide bonds. The van der Waals surface area contributed by atoms with Crippen LogP contribution in [0.15, 0.2) is 59.9 Å². The van der Waals surface area contributed by atoms with Crippen molar-refractivity contribution in [2.24, 2.45) is 0 Å². The summed E-state index contributed by atoms with van der Waals surface area (Å²) in [5.41, 5.74) is 1.80. The zero-order valence-electron chi connectivity index (χ0n) is 18.8. The second-order valence-electron chi connectivity index (χ2n) is 8.05. The van der Waals surface area contributed by atoms with Crippen molar-refractivity contribution < 1.29 is 13.2 Å². The first kappa shape index (κ1) is 23.8. The topological polar surface area (TPSA) is 92.9 Å². The van der Waals surface area contributed by atoms with Crippen LogP contribution in [0.1, 0.15) is 6.42 Å². The van der Waals surface area contributed by atoms with Gasteiger partial charge in [0.25, 0.3) is 5.78 Å². The van der Waals surface area contributed by atoms with Gasteiger partial charge in [0.1, 0.15) is 17.9 Å². The highest BCUT2D eigenvalue weighted by Crippen LogP contribution is 2.33.